The van der Waals surface area contributed by atoms with Crippen molar-refractivity contribution in [3.8, 4) is 11.5 Å². The molecule has 1 aliphatic carbocycles. The molecule has 0 unspecified atom stereocenters. The van der Waals surface area contributed by atoms with Gasteiger partial charge in [0.25, 0.3) is 0 Å². The summed E-state index contributed by atoms with van der Waals surface area (Å²) in [7, 11) is -2.82. The first-order valence-electron chi connectivity index (χ1n) is 8.71. The zero-order chi connectivity index (χ0) is 20.6. The molecule has 0 bridgehead atoms. The van der Waals surface area contributed by atoms with Crippen LogP contribution in [0.3, 0.4) is 0 Å². The lowest BCUT2D eigenvalue weighted by Gasteiger charge is -2.14. The van der Waals surface area contributed by atoms with E-state index in [1.165, 1.54) is 38.3 Å². The molecule has 7 nitrogen and oxygen atoms in total. The quantitative estimate of drug-likeness (QED) is 0.768. The van der Waals surface area contributed by atoms with E-state index in [1.54, 1.807) is 6.07 Å². The summed E-state index contributed by atoms with van der Waals surface area (Å²) in [6, 6.07) is 7.25. The number of methoxy groups -OCH3 is 1. The molecule has 1 amide bonds. The molecule has 0 heterocycles. The minimum absolute atomic E-state index is 0.0149. The van der Waals surface area contributed by atoms with Crippen LogP contribution in [-0.2, 0) is 14.9 Å². The Morgan fingerprint density at radius 1 is 1.18 bits per heavy atom. The highest BCUT2D eigenvalue weighted by molar-refractivity contribution is 7.87. The Labute approximate surface area is 163 Å². The molecule has 0 saturated heterocycles. The van der Waals surface area contributed by atoms with Gasteiger partial charge in [0.05, 0.1) is 18.4 Å². The van der Waals surface area contributed by atoms with Gasteiger partial charge in [-0.3, -0.25) is 9.59 Å². The molecular formula is C20H21NO6S. The molecule has 0 spiro atoms. The van der Waals surface area contributed by atoms with Crippen molar-refractivity contribution in [3.05, 3.63) is 47.0 Å². The number of aryl methyl sites for hydroxylation is 1. The number of anilines is 1. The van der Waals surface area contributed by atoms with Crippen LogP contribution in [0.4, 0.5) is 5.69 Å². The number of hydrogen-bond donors (Lipinski definition) is 1. The highest BCUT2D eigenvalue weighted by atomic mass is 32.2. The van der Waals surface area contributed by atoms with E-state index in [0.29, 0.717) is 17.7 Å². The van der Waals surface area contributed by atoms with Crippen LogP contribution in [0.1, 0.15) is 47.7 Å². The third-order valence-electron chi connectivity index (χ3n) is 4.66. The van der Waals surface area contributed by atoms with Gasteiger partial charge in [0.15, 0.2) is 11.5 Å². The van der Waals surface area contributed by atoms with Crippen LogP contribution in [0.25, 0.3) is 0 Å². The molecule has 0 fully saturated rings. The van der Waals surface area contributed by atoms with Crippen molar-refractivity contribution >= 4 is 27.5 Å². The number of ether oxygens (including phenoxy) is 1. The lowest BCUT2D eigenvalue weighted by Crippen LogP contribution is -2.14. The number of fused-ring (bicyclic) bond motifs is 1. The predicted molar refractivity (Wildman–Crippen MR) is 104 cm³/mol. The third kappa shape index (κ3) is 3.60. The molecule has 0 aliphatic heterocycles. The Hall–Kier alpha value is -2.87. The SMILES string of the molecule is COc1ccc(S(=O)(=O)Oc2ccc(C)c3c2C(=O)C[C@H]3C)cc1NC(C)=O. The molecule has 1 N–H and O–H groups in total. The Kier molecular flexibility index (Phi) is 5.16. The number of ketones is 1. The zero-order valence-electron chi connectivity index (χ0n) is 16.0. The van der Waals surface area contributed by atoms with E-state index in [-0.39, 0.29) is 33.9 Å². The first kappa shape index (κ1) is 19.9. The van der Waals surface area contributed by atoms with Crippen LogP contribution in [0.2, 0.25) is 0 Å². The number of carbonyl (C=O) groups excluding carboxylic acids is 2. The fourth-order valence-electron chi connectivity index (χ4n) is 3.47. The molecule has 8 heteroatoms. The van der Waals surface area contributed by atoms with Gasteiger partial charge in [0.1, 0.15) is 10.6 Å². The molecule has 28 heavy (non-hydrogen) atoms. The fourth-order valence-corrected chi connectivity index (χ4v) is 4.44. The summed E-state index contributed by atoms with van der Waals surface area (Å²) in [6.07, 6.45) is 0.325. The van der Waals surface area contributed by atoms with Crippen LogP contribution >= 0.6 is 0 Å². The Bertz CT molecular complexity index is 1070. The second kappa shape index (κ2) is 7.27. The van der Waals surface area contributed by atoms with Gasteiger partial charge in [-0.15, -0.1) is 0 Å². The highest BCUT2D eigenvalue weighted by Gasteiger charge is 2.33. The van der Waals surface area contributed by atoms with E-state index in [1.807, 2.05) is 13.8 Å². The smallest absolute Gasteiger partial charge is 0.339 e. The largest absolute Gasteiger partial charge is 0.495 e. The van der Waals surface area contributed by atoms with Crippen LogP contribution in [0.15, 0.2) is 35.2 Å². The molecular weight excluding hydrogens is 382 g/mol. The lowest BCUT2D eigenvalue weighted by atomic mass is 9.98. The van der Waals surface area contributed by atoms with Gasteiger partial charge in [-0.1, -0.05) is 13.0 Å². The van der Waals surface area contributed by atoms with Crippen molar-refractivity contribution in [3.63, 3.8) is 0 Å². The molecule has 0 aromatic heterocycles. The Morgan fingerprint density at radius 3 is 2.50 bits per heavy atom. The molecule has 0 saturated carbocycles. The maximum absolute atomic E-state index is 12.8. The van der Waals surface area contributed by atoms with Crippen molar-refractivity contribution in [1.29, 1.82) is 0 Å². The maximum Gasteiger partial charge on any atom is 0.339 e. The summed E-state index contributed by atoms with van der Waals surface area (Å²) >= 11 is 0. The van der Waals surface area contributed by atoms with Crippen molar-refractivity contribution in [2.24, 2.45) is 0 Å². The number of nitrogens with one attached hydrogen (secondary N) is 1. The normalized spacial score (nSPS) is 15.9. The van der Waals surface area contributed by atoms with Crippen LogP contribution in [0, 0.1) is 6.92 Å². The molecule has 0 radical (unpaired) electrons. The minimum atomic E-state index is -4.23. The van der Waals surface area contributed by atoms with Crippen molar-refractivity contribution < 1.29 is 26.9 Å². The van der Waals surface area contributed by atoms with Crippen LogP contribution < -0.4 is 14.2 Å². The summed E-state index contributed by atoms with van der Waals surface area (Å²) < 4.78 is 36.1. The first-order chi connectivity index (χ1) is 13.1. The minimum Gasteiger partial charge on any atom is -0.495 e. The second-order valence-electron chi connectivity index (χ2n) is 6.78. The lowest BCUT2D eigenvalue weighted by molar-refractivity contribution is -0.114. The predicted octanol–water partition coefficient (Wildman–Crippen LogP) is 3.42. The molecule has 3 rings (SSSR count). The number of carbonyl (C=O) groups is 2. The van der Waals surface area contributed by atoms with Gasteiger partial charge < -0.3 is 14.2 Å². The van der Waals surface area contributed by atoms with Gasteiger partial charge in [-0.2, -0.15) is 8.42 Å². The molecule has 148 valence electrons. The average molecular weight is 403 g/mol. The summed E-state index contributed by atoms with van der Waals surface area (Å²) in [5.74, 6) is -0.155. The first-order valence-corrected chi connectivity index (χ1v) is 10.1. The van der Waals surface area contributed by atoms with Gasteiger partial charge in [-0.05, 0) is 48.2 Å². The van der Waals surface area contributed by atoms with E-state index in [2.05, 4.69) is 5.32 Å². The van der Waals surface area contributed by atoms with Gasteiger partial charge in [-0.25, -0.2) is 0 Å². The van der Waals surface area contributed by atoms with Gasteiger partial charge >= 0.3 is 10.1 Å². The van der Waals surface area contributed by atoms with E-state index in [0.717, 1.165) is 11.1 Å². The van der Waals surface area contributed by atoms with E-state index < -0.39 is 10.1 Å². The molecule has 1 aliphatic rings. The summed E-state index contributed by atoms with van der Waals surface area (Å²) in [5.41, 5.74) is 2.28. The summed E-state index contributed by atoms with van der Waals surface area (Å²) in [4.78, 5) is 23.6. The summed E-state index contributed by atoms with van der Waals surface area (Å²) in [5, 5.41) is 2.52. The van der Waals surface area contributed by atoms with E-state index in [4.69, 9.17) is 8.92 Å². The van der Waals surface area contributed by atoms with Gasteiger partial charge in [0.2, 0.25) is 5.91 Å². The number of benzene rings is 2. The van der Waals surface area contributed by atoms with E-state index in [9.17, 15) is 18.0 Å². The molecule has 2 aromatic rings. The maximum atomic E-state index is 12.8. The molecule has 2 aromatic carbocycles. The molecule has 1 atom stereocenters. The fraction of sp³-hybridized carbons (Fsp3) is 0.300. The van der Waals surface area contributed by atoms with Crippen molar-refractivity contribution in [2.45, 2.75) is 38.0 Å². The highest BCUT2D eigenvalue weighted by Crippen LogP contribution is 2.41. The number of amides is 1. The van der Waals surface area contributed by atoms with Crippen LogP contribution in [0.5, 0.6) is 11.5 Å². The number of rotatable bonds is 5. The summed E-state index contributed by atoms with van der Waals surface area (Å²) in [6.45, 7) is 5.12. The topological polar surface area (TPSA) is 98.8 Å². The average Bonchev–Trinajstić information content (AvgIpc) is 2.92. The third-order valence-corrected chi connectivity index (χ3v) is 5.89. The van der Waals surface area contributed by atoms with E-state index >= 15 is 0 Å². The monoisotopic (exact) mass is 403 g/mol. The van der Waals surface area contributed by atoms with Crippen molar-refractivity contribution in [2.75, 3.05) is 12.4 Å². The number of Topliss-reactive ketones (excluding diaryl/α,β-unsaturated/α-hetero) is 1. The van der Waals surface area contributed by atoms with Gasteiger partial charge in [0, 0.05) is 13.3 Å². The second-order valence-corrected chi connectivity index (χ2v) is 8.32. The standard InChI is InChI=1S/C20H21NO6S/c1-11-5-7-18(20-16(23)9-12(2)19(11)20)27-28(24,25)14-6-8-17(26-4)15(10-14)21-13(3)22/h5-8,10,12H,9H2,1-4H3,(H,21,22)/t12-/m1/s1. The number of hydrogen-bond acceptors (Lipinski definition) is 6. The Morgan fingerprint density at radius 2 is 1.86 bits per heavy atom. The zero-order valence-corrected chi connectivity index (χ0v) is 16.8. The van der Waals surface area contributed by atoms with Crippen molar-refractivity contribution in [1.82, 2.24) is 0 Å². The van der Waals surface area contributed by atoms with Crippen LogP contribution in [-0.4, -0.2) is 27.2 Å². The Balaban J connectivity index is 2.02.